The van der Waals surface area contributed by atoms with E-state index in [9.17, 15) is 4.79 Å². The molecule has 2 rings (SSSR count). The Morgan fingerprint density at radius 2 is 2.00 bits per heavy atom. The van der Waals surface area contributed by atoms with Crippen molar-refractivity contribution in [3.63, 3.8) is 0 Å². The molecule has 0 saturated heterocycles. The predicted octanol–water partition coefficient (Wildman–Crippen LogP) is 3.76. The van der Waals surface area contributed by atoms with Crippen LogP contribution in [-0.4, -0.2) is 20.0 Å². The van der Waals surface area contributed by atoms with Gasteiger partial charge in [0.25, 0.3) is 0 Å². The molecular weight excluding hydrogens is 316 g/mol. The molecular formula is C13H11BrO3S. The fourth-order valence-electron chi connectivity index (χ4n) is 1.61. The van der Waals surface area contributed by atoms with Crippen LogP contribution < -0.4 is 9.47 Å². The summed E-state index contributed by atoms with van der Waals surface area (Å²) in [4.78, 5) is 13.0. The molecule has 1 heterocycles. The van der Waals surface area contributed by atoms with Crippen molar-refractivity contribution in [2.75, 3.05) is 14.2 Å². The lowest BCUT2D eigenvalue weighted by molar-refractivity contribution is 0.103. The van der Waals surface area contributed by atoms with Gasteiger partial charge < -0.3 is 9.47 Å². The fourth-order valence-corrected chi connectivity index (χ4v) is 2.96. The summed E-state index contributed by atoms with van der Waals surface area (Å²) in [7, 11) is 3.10. The molecule has 94 valence electrons. The molecule has 0 fully saturated rings. The van der Waals surface area contributed by atoms with Gasteiger partial charge in [0.1, 0.15) is 16.0 Å². The fraction of sp³-hybridized carbons (Fsp3) is 0.154. The van der Waals surface area contributed by atoms with Crippen LogP contribution in [0.2, 0.25) is 0 Å². The monoisotopic (exact) mass is 326 g/mol. The van der Waals surface area contributed by atoms with Gasteiger partial charge in [0, 0.05) is 0 Å². The lowest BCUT2D eigenvalue weighted by Gasteiger charge is -2.12. The Hall–Kier alpha value is -1.33. The Labute approximate surface area is 117 Å². The first-order valence-corrected chi connectivity index (χ1v) is 6.85. The van der Waals surface area contributed by atoms with E-state index in [1.54, 1.807) is 25.3 Å². The first-order chi connectivity index (χ1) is 8.69. The van der Waals surface area contributed by atoms with Crippen molar-refractivity contribution in [1.29, 1.82) is 0 Å². The van der Waals surface area contributed by atoms with Crippen LogP contribution in [0.1, 0.15) is 15.2 Å². The second-order valence-electron chi connectivity index (χ2n) is 3.47. The molecule has 3 nitrogen and oxygen atoms in total. The van der Waals surface area contributed by atoms with Crippen LogP contribution in [0.5, 0.6) is 11.5 Å². The van der Waals surface area contributed by atoms with E-state index < -0.39 is 0 Å². The topological polar surface area (TPSA) is 35.5 Å². The summed E-state index contributed by atoms with van der Waals surface area (Å²) in [6.45, 7) is 0. The molecule has 0 radical (unpaired) electrons. The number of carbonyl (C=O) groups is 1. The normalized spacial score (nSPS) is 10.2. The van der Waals surface area contributed by atoms with Crippen LogP contribution in [-0.2, 0) is 0 Å². The maximum Gasteiger partial charge on any atom is 0.206 e. The van der Waals surface area contributed by atoms with Crippen molar-refractivity contribution >= 4 is 33.0 Å². The van der Waals surface area contributed by atoms with Crippen LogP contribution in [0, 0.1) is 0 Å². The Morgan fingerprint density at radius 3 is 2.56 bits per heavy atom. The van der Waals surface area contributed by atoms with Crippen LogP contribution in [0.4, 0.5) is 0 Å². The van der Waals surface area contributed by atoms with Crippen molar-refractivity contribution in [3.8, 4) is 11.5 Å². The highest BCUT2D eigenvalue weighted by molar-refractivity contribution is 9.10. The van der Waals surface area contributed by atoms with E-state index in [1.165, 1.54) is 18.4 Å². The van der Waals surface area contributed by atoms with Gasteiger partial charge in [-0.25, -0.2) is 0 Å². The average Bonchev–Trinajstić information content (AvgIpc) is 2.91. The Kier molecular flexibility index (Phi) is 4.04. The second-order valence-corrected chi connectivity index (χ2v) is 5.21. The zero-order valence-corrected chi connectivity index (χ0v) is 12.3. The number of halogens is 1. The number of carbonyl (C=O) groups excluding carboxylic acids is 1. The standard InChI is InChI=1S/C13H11BrO3S/c1-16-9-6-5-8(13(17-2)11(9)14)12(15)10-4-3-7-18-10/h3-7H,1-2H3. The first-order valence-electron chi connectivity index (χ1n) is 5.17. The molecule has 1 aromatic heterocycles. The number of hydrogen-bond acceptors (Lipinski definition) is 4. The molecule has 0 N–H and O–H groups in total. The summed E-state index contributed by atoms with van der Waals surface area (Å²) in [6.07, 6.45) is 0. The third kappa shape index (κ3) is 2.28. The highest BCUT2D eigenvalue weighted by Crippen LogP contribution is 2.38. The van der Waals surface area contributed by atoms with E-state index in [2.05, 4.69) is 15.9 Å². The van der Waals surface area contributed by atoms with E-state index >= 15 is 0 Å². The maximum atomic E-state index is 12.3. The van der Waals surface area contributed by atoms with Crippen LogP contribution in [0.3, 0.4) is 0 Å². The van der Waals surface area contributed by atoms with E-state index in [0.717, 1.165) is 0 Å². The van der Waals surface area contributed by atoms with Crippen molar-refractivity contribution in [3.05, 3.63) is 44.6 Å². The molecule has 2 aromatic rings. The second kappa shape index (κ2) is 5.54. The van der Waals surface area contributed by atoms with E-state index in [0.29, 0.717) is 26.4 Å². The van der Waals surface area contributed by atoms with Crippen molar-refractivity contribution in [2.24, 2.45) is 0 Å². The third-order valence-electron chi connectivity index (χ3n) is 2.48. The van der Waals surface area contributed by atoms with Crippen molar-refractivity contribution in [2.45, 2.75) is 0 Å². The zero-order chi connectivity index (χ0) is 13.1. The molecule has 0 atom stereocenters. The Morgan fingerprint density at radius 1 is 1.22 bits per heavy atom. The summed E-state index contributed by atoms with van der Waals surface area (Å²) >= 11 is 4.79. The number of rotatable bonds is 4. The SMILES string of the molecule is COc1ccc(C(=O)c2cccs2)c(OC)c1Br. The maximum absolute atomic E-state index is 12.3. The smallest absolute Gasteiger partial charge is 0.206 e. The van der Waals surface area contributed by atoms with Gasteiger partial charge in [0.15, 0.2) is 0 Å². The van der Waals surface area contributed by atoms with Gasteiger partial charge in [0.05, 0.1) is 24.7 Å². The van der Waals surface area contributed by atoms with Crippen LogP contribution in [0.15, 0.2) is 34.1 Å². The summed E-state index contributed by atoms with van der Waals surface area (Å²) in [6, 6.07) is 7.10. The minimum atomic E-state index is -0.0507. The predicted molar refractivity (Wildman–Crippen MR) is 75.0 cm³/mol. The molecule has 0 unspecified atom stereocenters. The highest BCUT2D eigenvalue weighted by atomic mass is 79.9. The number of ketones is 1. The van der Waals surface area contributed by atoms with Gasteiger partial charge in [0.2, 0.25) is 5.78 Å². The van der Waals surface area contributed by atoms with Crippen LogP contribution in [0.25, 0.3) is 0 Å². The summed E-state index contributed by atoms with van der Waals surface area (Å²) in [5, 5.41) is 1.87. The quantitative estimate of drug-likeness (QED) is 0.802. The van der Waals surface area contributed by atoms with Gasteiger partial charge >= 0.3 is 0 Å². The Balaban J connectivity index is 2.52. The molecule has 0 amide bonds. The minimum Gasteiger partial charge on any atom is -0.495 e. The molecule has 1 aromatic carbocycles. The number of thiophene rings is 1. The number of benzene rings is 1. The average molecular weight is 327 g/mol. The highest BCUT2D eigenvalue weighted by Gasteiger charge is 2.19. The van der Waals surface area contributed by atoms with Gasteiger partial charge in [-0.05, 0) is 39.5 Å². The van der Waals surface area contributed by atoms with E-state index in [1.807, 2.05) is 11.4 Å². The number of methoxy groups -OCH3 is 2. The summed E-state index contributed by atoms with van der Waals surface area (Å²) < 4.78 is 11.1. The molecule has 0 bridgehead atoms. The molecule has 0 aliphatic heterocycles. The van der Waals surface area contributed by atoms with Gasteiger partial charge in [-0.3, -0.25) is 4.79 Å². The zero-order valence-electron chi connectivity index (χ0n) is 9.90. The lowest BCUT2D eigenvalue weighted by atomic mass is 10.1. The lowest BCUT2D eigenvalue weighted by Crippen LogP contribution is -2.03. The summed E-state index contributed by atoms with van der Waals surface area (Å²) in [5.74, 6) is 1.08. The van der Waals surface area contributed by atoms with Crippen molar-refractivity contribution < 1.29 is 14.3 Å². The van der Waals surface area contributed by atoms with E-state index in [-0.39, 0.29) is 5.78 Å². The molecule has 0 saturated carbocycles. The molecule has 0 aliphatic rings. The van der Waals surface area contributed by atoms with Crippen LogP contribution >= 0.6 is 27.3 Å². The molecule has 0 aliphatic carbocycles. The summed E-state index contributed by atoms with van der Waals surface area (Å²) in [5.41, 5.74) is 0.521. The van der Waals surface area contributed by atoms with Gasteiger partial charge in [-0.2, -0.15) is 0 Å². The molecule has 18 heavy (non-hydrogen) atoms. The number of ether oxygens (including phenoxy) is 2. The third-order valence-corrected chi connectivity index (χ3v) is 4.09. The van der Waals surface area contributed by atoms with Crippen molar-refractivity contribution in [1.82, 2.24) is 0 Å². The first kappa shape index (κ1) is 13.1. The largest absolute Gasteiger partial charge is 0.495 e. The van der Waals surface area contributed by atoms with Gasteiger partial charge in [-0.15, -0.1) is 11.3 Å². The van der Waals surface area contributed by atoms with E-state index in [4.69, 9.17) is 9.47 Å². The number of hydrogen-bond donors (Lipinski definition) is 0. The minimum absolute atomic E-state index is 0.0507. The molecule has 0 spiro atoms. The molecule has 5 heteroatoms. The van der Waals surface area contributed by atoms with Gasteiger partial charge in [-0.1, -0.05) is 6.07 Å². The Bertz CT molecular complexity index is 564.